The molecule has 0 saturated carbocycles. The maximum absolute atomic E-state index is 10.2. The fourth-order valence-electron chi connectivity index (χ4n) is 2.17. The Bertz CT molecular complexity index is 564. The first kappa shape index (κ1) is 15.4. The van der Waals surface area contributed by atoms with Crippen LogP contribution in [-0.4, -0.2) is 18.8 Å². The molecule has 0 fully saturated rings. The fourth-order valence-corrected chi connectivity index (χ4v) is 2.17. The summed E-state index contributed by atoms with van der Waals surface area (Å²) in [5.41, 5.74) is 3.18. The number of anilines is 1. The van der Waals surface area contributed by atoms with Gasteiger partial charge in [0.1, 0.15) is 5.75 Å². The number of rotatable bonds is 6. The molecule has 0 aromatic heterocycles. The Labute approximate surface area is 126 Å². The Hall–Kier alpha value is -2.00. The van der Waals surface area contributed by atoms with Gasteiger partial charge in [-0.15, -0.1) is 0 Å². The molecule has 0 radical (unpaired) electrons. The minimum Gasteiger partial charge on any atom is -0.497 e. The molecule has 0 heterocycles. The lowest BCUT2D eigenvalue weighted by Crippen LogP contribution is -2.12. The summed E-state index contributed by atoms with van der Waals surface area (Å²) in [6.07, 6.45) is -0.565. The lowest BCUT2D eigenvalue weighted by atomic mass is 10.0. The van der Waals surface area contributed by atoms with E-state index >= 15 is 0 Å². The Morgan fingerprint density at radius 1 is 1.05 bits per heavy atom. The largest absolute Gasteiger partial charge is 0.497 e. The van der Waals surface area contributed by atoms with E-state index in [1.165, 1.54) is 5.56 Å². The van der Waals surface area contributed by atoms with Crippen molar-refractivity contribution in [3.05, 3.63) is 59.7 Å². The van der Waals surface area contributed by atoms with E-state index in [-0.39, 0.29) is 0 Å². The van der Waals surface area contributed by atoms with Crippen LogP contribution in [0.25, 0.3) is 0 Å². The number of aliphatic hydroxyl groups excluding tert-OH is 1. The highest BCUT2D eigenvalue weighted by atomic mass is 16.5. The molecule has 2 aromatic carbocycles. The number of hydrogen-bond acceptors (Lipinski definition) is 3. The summed E-state index contributed by atoms with van der Waals surface area (Å²) in [6, 6.07) is 15.8. The number of hydrogen-bond donors (Lipinski definition) is 2. The summed E-state index contributed by atoms with van der Waals surface area (Å²) < 4.78 is 5.17. The van der Waals surface area contributed by atoms with Crippen LogP contribution >= 0.6 is 0 Å². The molecule has 2 aromatic rings. The van der Waals surface area contributed by atoms with Gasteiger partial charge in [0.15, 0.2) is 0 Å². The Morgan fingerprint density at radius 2 is 1.76 bits per heavy atom. The maximum Gasteiger partial charge on any atom is 0.119 e. The second-order valence-electron chi connectivity index (χ2n) is 5.45. The topological polar surface area (TPSA) is 41.5 Å². The molecule has 2 rings (SSSR count). The molecular formula is C18H23NO2. The maximum atomic E-state index is 10.2. The zero-order valence-electron chi connectivity index (χ0n) is 12.8. The molecule has 0 spiro atoms. The van der Waals surface area contributed by atoms with Gasteiger partial charge in [-0.2, -0.15) is 0 Å². The molecule has 0 saturated heterocycles. The molecule has 112 valence electrons. The number of ether oxygens (including phenoxy) is 1. The normalized spacial score (nSPS) is 12.2. The van der Waals surface area contributed by atoms with Gasteiger partial charge in [0, 0.05) is 12.2 Å². The van der Waals surface area contributed by atoms with E-state index in [4.69, 9.17) is 4.74 Å². The van der Waals surface area contributed by atoms with Crippen molar-refractivity contribution in [2.24, 2.45) is 0 Å². The average molecular weight is 285 g/mol. The molecule has 0 aliphatic rings. The summed E-state index contributed by atoms with van der Waals surface area (Å²) >= 11 is 0. The van der Waals surface area contributed by atoms with Crippen LogP contribution in [0.3, 0.4) is 0 Å². The van der Waals surface area contributed by atoms with Crippen molar-refractivity contribution in [2.75, 3.05) is 19.0 Å². The highest BCUT2D eigenvalue weighted by Gasteiger charge is 2.08. The van der Waals surface area contributed by atoms with E-state index in [0.29, 0.717) is 12.5 Å². The molecule has 0 bridgehead atoms. The Balaban J connectivity index is 1.95. The molecule has 1 atom stereocenters. The van der Waals surface area contributed by atoms with Crippen LogP contribution in [0.4, 0.5) is 5.69 Å². The number of aliphatic hydroxyl groups is 1. The summed E-state index contributed by atoms with van der Waals surface area (Å²) in [4.78, 5) is 0. The molecule has 3 nitrogen and oxygen atoms in total. The SMILES string of the molecule is COc1cccc(C(O)CNc2ccc(C(C)C)cc2)c1. The first-order chi connectivity index (χ1) is 10.1. The summed E-state index contributed by atoms with van der Waals surface area (Å²) in [5, 5.41) is 13.5. The zero-order valence-corrected chi connectivity index (χ0v) is 12.8. The van der Waals surface area contributed by atoms with Crippen molar-refractivity contribution in [3.63, 3.8) is 0 Å². The smallest absolute Gasteiger partial charge is 0.119 e. The van der Waals surface area contributed by atoms with E-state index in [1.807, 2.05) is 36.4 Å². The lowest BCUT2D eigenvalue weighted by molar-refractivity contribution is 0.191. The minimum absolute atomic E-state index is 0.466. The van der Waals surface area contributed by atoms with Crippen LogP contribution in [0.15, 0.2) is 48.5 Å². The van der Waals surface area contributed by atoms with Crippen molar-refractivity contribution < 1.29 is 9.84 Å². The summed E-state index contributed by atoms with van der Waals surface area (Å²) in [7, 11) is 1.63. The third kappa shape index (κ3) is 4.23. The first-order valence-corrected chi connectivity index (χ1v) is 7.26. The molecule has 0 amide bonds. The molecule has 3 heteroatoms. The quantitative estimate of drug-likeness (QED) is 0.844. The molecular weight excluding hydrogens is 262 g/mol. The zero-order chi connectivity index (χ0) is 15.2. The van der Waals surface area contributed by atoms with E-state index in [0.717, 1.165) is 17.0 Å². The van der Waals surface area contributed by atoms with Crippen LogP contribution in [-0.2, 0) is 0 Å². The van der Waals surface area contributed by atoms with Crippen LogP contribution < -0.4 is 10.1 Å². The van der Waals surface area contributed by atoms with Crippen LogP contribution in [0.1, 0.15) is 37.0 Å². The summed E-state index contributed by atoms with van der Waals surface area (Å²) in [6.45, 7) is 4.82. The number of methoxy groups -OCH3 is 1. The van der Waals surface area contributed by atoms with Crippen molar-refractivity contribution in [2.45, 2.75) is 25.9 Å². The van der Waals surface area contributed by atoms with Gasteiger partial charge in [-0.3, -0.25) is 0 Å². The van der Waals surface area contributed by atoms with E-state index in [1.54, 1.807) is 7.11 Å². The third-order valence-electron chi connectivity index (χ3n) is 3.56. The van der Waals surface area contributed by atoms with Crippen LogP contribution in [0.5, 0.6) is 5.75 Å². The van der Waals surface area contributed by atoms with Gasteiger partial charge in [-0.25, -0.2) is 0 Å². The predicted molar refractivity (Wildman–Crippen MR) is 87.0 cm³/mol. The molecule has 0 aliphatic heterocycles. The highest BCUT2D eigenvalue weighted by Crippen LogP contribution is 2.21. The van der Waals surface area contributed by atoms with E-state index in [9.17, 15) is 5.11 Å². The second-order valence-corrected chi connectivity index (χ2v) is 5.45. The van der Waals surface area contributed by atoms with Gasteiger partial charge in [0.05, 0.1) is 13.2 Å². The van der Waals surface area contributed by atoms with Crippen LogP contribution in [0, 0.1) is 0 Å². The molecule has 0 aliphatic carbocycles. The highest BCUT2D eigenvalue weighted by molar-refractivity contribution is 5.45. The van der Waals surface area contributed by atoms with Gasteiger partial charge >= 0.3 is 0 Å². The van der Waals surface area contributed by atoms with Crippen molar-refractivity contribution >= 4 is 5.69 Å². The van der Waals surface area contributed by atoms with E-state index < -0.39 is 6.10 Å². The second kappa shape index (κ2) is 7.14. The van der Waals surface area contributed by atoms with Gasteiger partial charge < -0.3 is 15.2 Å². The first-order valence-electron chi connectivity index (χ1n) is 7.26. The van der Waals surface area contributed by atoms with Gasteiger partial charge in [-0.05, 0) is 41.3 Å². The molecule has 21 heavy (non-hydrogen) atoms. The van der Waals surface area contributed by atoms with Crippen molar-refractivity contribution in [1.29, 1.82) is 0 Å². The van der Waals surface area contributed by atoms with Gasteiger partial charge in [0.2, 0.25) is 0 Å². The lowest BCUT2D eigenvalue weighted by Gasteiger charge is -2.14. The Kier molecular flexibility index (Phi) is 5.23. The predicted octanol–water partition coefficient (Wildman–Crippen LogP) is 3.96. The monoisotopic (exact) mass is 285 g/mol. The minimum atomic E-state index is -0.565. The van der Waals surface area contributed by atoms with Gasteiger partial charge in [0.25, 0.3) is 0 Å². The van der Waals surface area contributed by atoms with Crippen molar-refractivity contribution in [3.8, 4) is 5.75 Å². The number of nitrogens with one attached hydrogen (secondary N) is 1. The standard InChI is InChI=1S/C18H23NO2/c1-13(2)14-7-9-16(10-8-14)19-12-18(20)15-5-4-6-17(11-15)21-3/h4-11,13,18-20H,12H2,1-3H3. The Morgan fingerprint density at radius 3 is 2.38 bits per heavy atom. The van der Waals surface area contributed by atoms with Crippen molar-refractivity contribution in [1.82, 2.24) is 0 Å². The third-order valence-corrected chi connectivity index (χ3v) is 3.56. The summed E-state index contributed by atoms with van der Waals surface area (Å²) in [5.74, 6) is 1.29. The average Bonchev–Trinajstić information content (AvgIpc) is 2.53. The molecule has 1 unspecified atom stereocenters. The van der Waals surface area contributed by atoms with Gasteiger partial charge in [-0.1, -0.05) is 38.1 Å². The van der Waals surface area contributed by atoms with Crippen LogP contribution in [0.2, 0.25) is 0 Å². The fraction of sp³-hybridized carbons (Fsp3) is 0.333. The molecule has 2 N–H and O–H groups in total. The van der Waals surface area contributed by atoms with E-state index in [2.05, 4.69) is 31.3 Å². The number of benzene rings is 2.